The van der Waals surface area contributed by atoms with Crippen molar-refractivity contribution < 1.29 is 4.39 Å². The Balaban J connectivity index is 1.35. The number of halogens is 1. The minimum atomic E-state index is -0.204. The van der Waals surface area contributed by atoms with Crippen LogP contribution in [-0.2, 0) is 6.42 Å². The van der Waals surface area contributed by atoms with E-state index < -0.39 is 0 Å². The van der Waals surface area contributed by atoms with E-state index >= 15 is 0 Å². The van der Waals surface area contributed by atoms with Gasteiger partial charge in [-0.2, -0.15) is 0 Å². The Morgan fingerprint density at radius 1 is 0.960 bits per heavy atom. The first-order chi connectivity index (χ1) is 12.2. The van der Waals surface area contributed by atoms with E-state index in [0.29, 0.717) is 5.54 Å². The molecule has 1 aromatic carbocycles. The van der Waals surface area contributed by atoms with Crippen LogP contribution in [0.5, 0.6) is 0 Å². The van der Waals surface area contributed by atoms with Crippen LogP contribution in [0.3, 0.4) is 0 Å². The molecule has 0 radical (unpaired) electrons. The van der Waals surface area contributed by atoms with Crippen molar-refractivity contribution in [1.82, 2.24) is 14.3 Å². The Morgan fingerprint density at radius 2 is 1.76 bits per heavy atom. The molecule has 2 fully saturated rings. The van der Waals surface area contributed by atoms with Gasteiger partial charge < -0.3 is 4.40 Å². The maximum Gasteiger partial charge on any atom is 0.137 e. The molecule has 0 atom stereocenters. The molecule has 1 saturated heterocycles. The van der Waals surface area contributed by atoms with Crippen LogP contribution < -0.4 is 0 Å². The molecule has 3 aromatic rings. The quantitative estimate of drug-likeness (QED) is 0.708. The SMILES string of the molecule is Fc1ccc(-c2ccc3nc(CCN4CCCC45CC5)cn3c2)cc1. The summed E-state index contributed by atoms with van der Waals surface area (Å²) in [5.74, 6) is -0.204. The van der Waals surface area contributed by atoms with E-state index in [1.54, 1.807) is 0 Å². The first-order valence-corrected chi connectivity index (χ1v) is 9.21. The number of pyridine rings is 1. The number of nitrogens with zero attached hydrogens (tertiary/aromatic N) is 3. The molecule has 0 amide bonds. The van der Waals surface area contributed by atoms with Crippen LogP contribution in [0.1, 0.15) is 31.4 Å². The molecule has 2 aromatic heterocycles. The third kappa shape index (κ3) is 2.74. The summed E-state index contributed by atoms with van der Waals surface area (Å²) in [6.07, 6.45) is 10.7. The summed E-state index contributed by atoms with van der Waals surface area (Å²) in [4.78, 5) is 7.45. The molecule has 128 valence electrons. The van der Waals surface area contributed by atoms with Gasteiger partial charge in [-0.15, -0.1) is 0 Å². The van der Waals surface area contributed by atoms with Gasteiger partial charge in [-0.3, -0.25) is 4.90 Å². The Morgan fingerprint density at radius 3 is 2.56 bits per heavy atom. The van der Waals surface area contributed by atoms with Gasteiger partial charge >= 0.3 is 0 Å². The van der Waals surface area contributed by atoms with Gasteiger partial charge in [-0.25, -0.2) is 9.37 Å². The van der Waals surface area contributed by atoms with Gasteiger partial charge in [0, 0.05) is 30.9 Å². The zero-order valence-electron chi connectivity index (χ0n) is 14.3. The van der Waals surface area contributed by atoms with Crippen LogP contribution in [0.2, 0.25) is 0 Å². The second kappa shape index (κ2) is 5.67. The lowest BCUT2D eigenvalue weighted by molar-refractivity contribution is 0.238. The number of likely N-dealkylation sites (tertiary alicyclic amines) is 1. The van der Waals surface area contributed by atoms with Gasteiger partial charge in [0.1, 0.15) is 11.5 Å². The summed E-state index contributed by atoms with van der Waals surface area (Å²) in [5.41, 5.74) is 4.79. The number of rotatable bonds is 4. The van der Waals surface area contributed by atoms with E-state index in [9.17, 15) is 4.39 Å². The molecule has 0 bridgehead atoms. The summed E-state index contributed by atoms with van der Waals surface area (Å²) < 4.78 is 15.2. The van der Waals surface area contributed by atoms with Crippen LogP contribution in [0, 0.1) is 5.82 Å². The maximum atomic E-state index is 13.1. The molecule has 3 heterocycles. The van der Waals surface area contributed by atoms with Gasteiger partial charge in [0.05, 0.1) is 5.69 Å². The molecule has 1 saturated carbocycles. The van der Waals surface area contributed by atoms with Gasteiger partial charge in [-0.1, -0.05) is 12.1 Å². The molecule has 0 unspecified atom stereocenters. The lowest BCUT2D eigenvalue weighted by atomic mass is 10.1. The van der Waals surface area contributed by atoms with E-state index in [-0.39, 0.29) is 5.82 Å². The van der Waals surface area contributed by atoms with Crippen molar-refractivity contribution in [1.29, 1.82) is 0 Å². The highest BCUT2D eigenvalue weighted by atomic mass is 19.1. The summed E-state index contributed by atoms with van der Waals surface area (Å²) in [5, 5.41) is 0. The van der Waals surface area contributed by atoms with Gasteiger partial charge in [0.2, 0.25) is 0 Å². The average molecular weight is 335 g/mol. The van der Waals surface area contributed by atoms with Crippen molar-refractivity contribution in [3.8, 4) is 11.1 Å². The Hall–Kier alpha value is -2.20. The highest BCUT2D eigenvalue weighted by Crippen LogP contribution is 2.49. The molecule has 1 spiro atoms. The van der Waals surface area contributed by atoms with E-state index in [1.807, 2.05) is 18.2 Å². The number of fused-ring (bicyclic) bond motifs is 1. The van der Waals surface area contributed by atoms with E-state index in [2.05, 4.69) is 27.8 Å². The van der Waals surface area contributed by atoms with Crippen molar-refractivity contribution in [3.63, 3.8) is 0 Å². The van der Waals surface area contributed by atoms with Crippen molar-refractivity contribution in [2.45, 2.75) is 37.6 Å². The predicted molar refractivity (Wildman–Crippen MR) is 97.1 cm³/mol. The standard InChI is InChI=1S/C21H22FN3/c22-18-5-2-16(3-6-18)17-4-7-20-23-19(15-24(20)14-17)8-13-25-12-1-9-21(25)10-11-21/h2-7,14-15H,1,8-13H2. The summed E-state index contributed by atoms with van der Waals surface area (Å²) >= 11 is 0. The maximum absolute atomic E-state index is 13.1. The number of hydrogen-bond donors (Lipinski definition) is 0. The molecular formula is C21H22FN3. The van der Waals surface area contributed by atoms with Crippen molar-refractivity contribution in [2.75, 3.05) is 13.1 Å². The van der Waals surface area contributed by atoms with E-state index in [4.69, 9.17) is 4.98 Å². The van der Waals surface area contributed by atoms with Crippen molar-refractivity contribution in [2.24, 2.45) is 0 Å². The minimum absolute atomic E-state index is 0.204. The van der Waals surface area contributed by atoms with E-state index in [1.165, 1.54) is 44.4 Å². The van der Waals surface area contributed by atoms with Crippen LogP contribution in [-0.4, -0.2) is 32.9 Å². The largest absolute Gasteiger partial charge is 0.306 e. The molecule has 1 aliphatic carbocycles. The van der Waals surface area contributed by atoms with Crippen LogP contribution in [0.25, 0.3) is 16.8 Å². The molecule has 4 heteroatoms. The topological polar surface area (TPSA) is 20.5 Å². The highest BCUT2D eigenvalue weighted by molar-refractivity contribution is 5.64. The zero-order chi connectivity index (χ0) is 16.9. The lowest BCUT2D eigenvalue weighted by Gasteiger charge is -2.23. The van der Waals surface area contributed by atoms with Crippen LogP contribution in [0.4, 0.5) is 4.39 Å². The van der Waals surface area contributed by atoms with Crippen molar-refractivity contribution in [3.05, 3.63) is 60.3 Å². The minimum Gasteiger partial charge on any atom is -0.306 e. The fourth-order valence-corrected chi connectivity index (χ4v) is 4.28. The number of aromatic nitrogens is 2. The predicted octanol–water partition coefficient (Wildman–Crippen LogP) is 4.31. The fraction of sp³-hybridized carbons (Fsp3) is 0.381. The monoisotopic (exact) mass is 335 g/mol. The smallest absolute Gasteiger partial charge is 0.137 e. The zero-order valence-corrected chi connectivity index (χ0v) is 14.3. The van der Waals surface area contributed by atoms with Crippen LogP contribution >= 0.6 is 0 Å². The van der Waals surface area contributed by atoms with Gasteiger partial charge in [0.15, 0.2) is 0 Å². The number of hydrogen-bond acceptors (Lipinski definition) is 2. The molecule has 3 nitrogen and oxygen atoms in total. The Bertz CT molecular complexity index is 909. The molecule has 2 aliphatic rings. The third-order valence-corrected chi connectivity index (χ3v) is 5.88. The molecule has 0 N–H and O–H groups in total. The van der Waals surface area contributed by atoms with Crippen LogP contribution in [0.15, 0.2) is 48.8 Å². The first kappa shape index (κ1) is 15.1. The summed E-state index contributed by atoms with van der Waals surface area (Å²) in [7, 11) is 0. The van der Waals surface area contributed by atoms with Gasteiger partial charge in [-0.05, 0) is 67.6 Å². The second-order valence-corrected chi connectivity index (χ2v) is 7.49. The van der Waals surface area contributed by atoms with Crippen molar-refractivity contribution >= 4 is 5.65 Å². The summed E-state index contributed by atoms with van der Waals surface area (Å²) in [6, 6.07) is 10.7. The fourth-order valence-electron chi connectivity index (χ4n) is 4.28. The normalized spacial score (nSPS) is 19.1. The molecule has 5 rings (SSSR count). The highest BCUT2D eigenvalue weighted by Gasteiger charge is 2.49. The molecule has 1 aliphatic heterocycles. The third-order valence-electron chi connectivity index (χ3n) is 5.88. The summed E-state index contributed by atoms with van der Waals surface area (Å²) in [6.45, 7) is 2.37. The average Bonchev–Trinajstić information content (AvgIpc) is 3.11. The number of imidazole rings is 1. The van der Waals surface area contributed by atoms with E-state index in [0.717, 1.165) is 35.4 Å². The van der Waals surface area contributed by atoms with Gasteiger partial charge in [0.25, 0.3) is 0 Å². The Labute approximate surface area is 147 Å². The molecule has 25 heavy (non-hydrogen) atoms. The Kier molecular flexibility index (Phi) is 3.42. The molecular weight excluding hydrogens is 313 g/mol. The number of benzene rings is 1. The first-order valence-electron chi connectivity index (χ1n) is 9.21. The second-order valence-electron chi connectivity index (χ2n) is 7.49. The lowest BCUT2D eigenvalue weighted by Crippen LogP contribution is -2.32.